The molecule has 226 valence electrons. The van der Waals surface area contributed by atoms with Gasteiger partial charge in [0.2, 0.25) is 0 Å². The van der Waals surface area contributed by atoms with E-state index in [0.29, 0.717) is 17.5 Å². The van der Waals surface area contributed by atoms with Crippen molar-refractivity contribution in [3.8, 4) is 56.8 Å². The Bertz CT molecular complexity index is 2320. The molecule has 8 aromatic rings. The molecule has 0 saturated carbocycles. The number of fused-ring (bicyclic) bond motifs is 2. The normalized spacial score (nSPS) is 11.5. The van der Waals surface area contributed by atoms with E-state index in [-0.39, 0.29) is 0 Å². The highest BCUT2D eigenvalue weighted by atomic mass is 16.5. The first-order valence-electron chi connectivity index (χ1n) is 16.0. The smallest absolute Gasteiger partial charge is 0.164 e. The largest absolute Gasteiger partial charge is 0.454 e. The second-order valence-electron chi connectivity index (χ2n) is 11.6. The van der Waals surface area contributed by atoms with Crippen molar-refractivity contribution >= 4 is 27.8 Å². The van der Waals surface area contributed by atoms with Crippen LogP contribution in [0.3, 0.4) is 0 Å². The number of para-hydroxylation sites is 3. The summed E-state index contributed by atoms with van der Waals surface area (Å²) in [6.07, 6.45) is 0. The second-order valence-corrected chi connectivity index (χ2v) is 11.6. The summed E-state index contributed by atoms with van der Waals surface area (Å²) in [5.74, 6) is 3.49. The molecule has 0 amide bonds. The highest BCUT2D eigenvalue weighted by Crippen LogP contribution is 2.53. The molecule has 0 radical (unpaired) electrons. The van der Waals surface area contributed by atoms with Crippen molar-refractivity contribution in [3.05, 3.63) is 170 Å². The highest BCUT2D eigenvalue weighted by Gasteiger charge is 2.27. The van der Waals surface area contributed by atoms with E-state index < -0.39 is 0 Å². The minimum absolute atomic E-state index is 0.616. The van der Waals surface area contributed by atoms with E-state index in [2.05, 4.69) is 95.9 Å². The summed E-state index contributed by atoms with van der Waals surface area (Å²) in [5.41, 5.74) is 8.01. The first-order chi connectivity index (χ1) is 23.8. The lowest BCUT2D eigenvalue weighted by atomic mass is 9.91. The summed E-state index contributed by atoms with van der Waals surface area (Å²) in [6.45, 7) is 0. The third-order valence-electron chi connectivity index (χ3n) is 8.71. The van der Waals surface area contributed by atoms with Gasteiger partial charge < -0.3 is 9.64 Å². The maximum Gasteiger partial charge on any atom is 0.164 e. The van der Waals surface area contributed by atoms with Gasteiger partial charge in [-0.2, -0.15) is 0 Å². The van der Waals surface area contributed by atoms with Crippen molar-refractivity contribution in [2.75, 3.05) is 4.90 Å². The van der Waals surface area contributed by atoms with Crippen LogP contribution in [0.2, 0.25) is 0 Å². The number of rotatable bonds is 6. The molecule has 0 atom stereocenters. The number of nitrogens with zero attached hydrogens (tertiary/aromatic N) is 4. The molecule has 1 aliphatic heterocycles. The Morgan fingerprint density at radius 1 is 0.396 bits per heavy atom. The van der Waals surface area contributed by atoms with Gasteiger partial charge in [-0.15, -0.1) is 0 Å². The maximum atomic E-state index is 6.89. The van der Waals surface area contributed by atoms with Crippen molar-refractivity contribution in [1.29, 1.82) is 0 Å². The van der Waals surface area contributed by atoms with E-state index >= 15 is 0 Å². The van der Waals surface area contributed by atoms with Crippen LogP contribution in [0.25, 0.3) is 56.1 Å². The van der Waals surface area contributed by atoms with Gasteiger partial charge in [0.05, 0.1) is 5.69 Å². The van der Waals surface area contributed by atoms with Crippen LogP contribution in [0.5, 0.6) is 11.5 Å². The minimum Gasteiger partial charge on any atom is -0.454 e. The molecule has 0 spiro atoms. The lowest BCUT2D eigenvalue weighted by Gasteiger charge is -2.30. The molecule has 0 bridgehead atoms. The van der Waals surface area contributed by atoms with E-state index in [0.717, 1.165) is 67.2 Å². The average molecular weight is 617 g/mol. The third kappa shape index (κ3) is 4.77. The molecular formula is C43H28N4O. The van der Waals surface area contributed by atoms with Crippen LogP contribution in [0.1, 0.15) is 0 Å². The molecule has 7 aromatic carbocycles. The zero-order valence-electron chi connectivity index (χ0n) is 25.9. The van der Waals surface area contributed by atoms with Gasteiger partial charge in [-0.25, -0.2) is 15.0 Å². The lowest BCUT2D eigenvalue weighted by Crippen LogP contribution is -2.12. The molecule has 0 saturated heterocycles. The zero-order valence-corrected chi connectivity index (χ0v) is 25.9. The molecule has 2 heterocycles. The minimum atomic E-state index is 0.616. The molecule has 0 unspecified atom stereocenters. The summed E-state index contributed by atoms with van der Waals surface area (Å²) < 4.78 is 6.89. The van der Waals surface area contributed by atoms with E-state index in [9.17, 15) is 0 Å². The average Bonchev–Trinajstić information content (AvgIpc) is 3.17. The van der Waals surface area contributed by atoms with Crippen LogP contribution in [-0.4, -0.2) is 15.0 Å². The van der Waals surface area contributed by atoms with E-state index in [1.54, 1.807) is 0 Å². The summed E-state index contributed by atoms with van der Waals surface area (Å²) in [4.78, 5) is 17.2. The number of aromatic nitrogens is 3. The van der Waals surface area contributed by atoms with Gasteiger partial charge in [0.25, 0.3) is 0 Å². The van der Waals surface area contributed by atoms with Gasteiger partial charge in [-0.1, -0.05) is 127 Å². The molecular weight excluding hydrogens is 589 g/mol. The summed E-state index contributed by atoms with van der Waals surface area (Å²) in [7, 11) is 0. The van der Waals surface area contributed by atoms with Crippen molar-refractivity contribution in [3.63, 3.8) is 0 Å². The molecule has 0 N–H and O–H groups in total. The standard InChI is InChI=1S/C43H28N4O/c1-5-15-29(16-6-1)41-44-42(30-17-7-2-8-18-30)46-43(45-41)36-27-28-38-39-33(23-13-24-34(36)39)35-25-14-26-37(40(35)48-38)47(31-19-9-3-10-20-31)32-21-11-4-12-22-32/h1-28H. The quantitative estimate of drug-likeness (QED) is 0.186. The Kier molecular flexibility index (Phi) is 6.72. The highest BCUT2D eigenvalue weighted by molar-refractivity contribution is 6.10. The number of hydrogen-bond donors (Lipinski definition) is 0. The maximum absolute atomic E-state index is 6.89. The summed E-state index contributed by atoms with van der Waals surface area (Å²) in [5, 5.41) is 2.06. The molecule has 0 aliphatic carbocycles. The molecule has 5 nitrogen and oxygen atoms in total. The zero-order chi connectivity index (χ0) is 31.9. The van der Waals surface area contributed by atoms with Crippen LogP contribution in [0.15, 0.2) is 170 Å². The number of anilines is 3. The van der Waals surface area contributed by atoms with Crippen molar-refractivity contribution in [1.82, 2.24) is 15.0 Å². The topological polar surface area (TPSA) is 51.1 Å². The lowest BCUT2D eigenvalue weighted by molar-refractivity contribution is 0.488. The van der Waals surface area contributed by atoms with Crippen LogP contribution < -0.4 is 9.64 Å². The number of ether oxygens (including phenoxy) is 1. The SMILES string of the molecule is c1ccc(-c2nc(-c3ccccc3)nc(-c3ccc4c5c(cccc35)-c3cccc(N(c5ccccc5)c5ccccc5)c3O4)n2)cc1. The van der Waals surface area contributed by atoms with Crippen LogP contribution in [0, 0.1) is 0 Å². The van der Waals surface area contributed by atoms with E-state index in [1.807, 2.05) is 78.9 Å². The van der Waals surface area contributed by atoms with E-state index in [4.69, 9.17) is 19.7 Å². The fourth-order valence-electron chi connectivity index (χ4n) is 6.52. The Hall–Kier alpha value is -6.59. The fraction of sp³-hybridized carbons (Fsp3) is 0. The van der Waals surface area contributed by atoms with Gasteiger partial charge in [-0.05, 0) is 53.4 Å². The molecule has 9 rings (SSSR count). The van der Waals surface area contributed by atoms with Crippen LogP contribution >= 0.6 is 0 Å². The van der Waals surface area contributed by atoms with Crippen molar-refractivity contribution in [2.24, 2.45) is 0 Å². The van der Waals surface area contributed by atoms with Crippen molar-refractivity contribution < 1.29 is 4.74 Å². The van der Waals surface area contributed by atoms with Crippen LogP contribution in [-0.2, 0) is 0 Å². The first kappa shape index (κ1) is 27.7. The molecule has 1 aliphatic rings. The predicted octanol–water partition coefficient (Wildman–Crippen LogP) is 11.3. The van der Waals surface area contributed by atoms with Gasteiger partial charge >= 0.3 is 0 Å². The van der Waals surface area contributed by atoms with Crippen LogP contribution in [0.4, 0.5) is 17.1 Å². The third-order valence-corrected chi connectivity index (χ3v) is 8.71. The Morgan fingerprint density at radius 2 is 0.917 bits per heavy atom. The Morgan fingerprint density at radius 3 is 1.52 bits per heavy atom. The van der Waals surface area contributed by atoms with Gasteiger partial charge in [0.1, 0.15) is 5.75 Å². The van der Waals surface area contributed by atoms with Gasteiger partial charge in [0.15, 0.2) is 23.2 Å². The number of hydrogen-bond acceptors (Lipinski definition) is 5. The van der Waals surface area contributed by atoms with Gasteiger partial charge in [0, 0.05) is 39.0 Å². The second kappa shape index (κ2) is 11.6. The predicted molar refractivity (Wildman–Crippen MR) is 194 cm³/mol. The summed E-state index contributed by atoms with van der Waals surface area (Å²) >= 11 is 0. The monoisotopic (exact) mass is 616 g/mol. The first-order valence-corrected chi connectivity index (χ1v) is 16.0. The molecule has 5 heteroatoms. The Balaban J connectivity index is 1.23. The van der Waals surface area contributed by atoms with Crippen molar-refractivity contribution in [2.45, 2.75) is 0 Å². The molecule has 0 fully saturated rings. The van der Waals surface area contributed by atoms with E-state index in [1.165, 1.54) is 0 Å². The summed E-state index contributed by atoms with van der Waals surface area (Å²) in [6, 6.07) is 57.8. The van der Waals surface area contributed by atoms with Gasteiger partial charge in [-0.3, -0.25) is 0 Å². The number of benzene rings is 7. The molecule has 1 aromatic heterocycles. The molecule has 48 heavy (non-hydrogen) atoms. The fourth-order valence-corrected chi connectivity index (χ4v) is 6.52. The Labute approximate surface area is 278 Å².